The van der Waals surface area contributed by atoms with Gasteiger partial charge in [-0.2, -0.15) is 0 Å². The average molecular weight is 281 g/mol. The van der Waals surface area contributed by atoms with Crippen LogP contribution in [0.1, 0.15) is 65.2 Å². The number of hydrogen-bond acceptors (Lipinski definition) is 3. The van der Waals surface area contributed by atoms with E-state index in [2.05, 4.69) is 28.7 Å². The molecular weight excluding hydrogens is 254 g/mol. The van der Waals surface area contributed by atoms with Crippen LogP contribution < -0.4 is 5.32 Å². The van der Waals surface area contributed by atoms with Crippen LogP contribution in [-0.4, -0.2) is 32.7 Å². The second-order valence-electron chi connectivity index (χ2n) is 5.96. The van der Waals surface area contributed by atoms with E-state index in [9.17, 15) is 9.90 Å². The Morgan fingerprint density at radius 3 is 2.65 bits per heavy atom. The van der Waals surface area contributed by atoms with E-state index in [0.717, 1.165) is 12.2 Å². The summed E-state index contributed by atoms with van der Waals surface area (Å²) in [5.41, 5.74) is -0.909. The van der Waals surface area contributed by atoms with Crippen LogP contribution in [0.25, 0.3) is 0 Å². The van der Waals surface area contributed by atoms with Gasteiger partial charge in [0, 0.05) is 24.4 Å². The van der Waals surface area contributed by atoms with Gasteiger partial charge in [-0.05, 0) is 33.2 Å². The number of carbonyl (C=O) groups is 1. The van der Waals surface area contributed by atoms with Gasteiger partial charge in [-0.3, -0.25) is 4.79 Å². The van der Waals surface area contributed by atoms with Crippen molar-refractivity contribution in [1.29, 1.82) is 0 Å². The lowest BCUT2D eigenvalue weighted by atomic mass is 9.93. The van der Waals surface area contributed by atoms with Gasteiger partial charge in [-0.25, -0.2) is 4.98 Å². The summed E-state index contributed by atoms with van der Waals surface area (Å²) in [5, 5.41) is 12.7. The minimum atomic E-state index is -0.909. The van der Waals surface area contributed by atoms with Gasteiger partial charge in [0.2, 0.25) is 0 Å². The van der Waals surface area contributed by atoms with Gasteiger partial charge in [-0.15, -0.1) is 0 Å². The van der Waals surface area contributed by atoms with Gasteiger partial charge in [0.15, 0.2) is 0 Å². The molecule has 0 aliphatic carbocycles. The minimum Gasteiger partial charge on any atom is -0.480 e. The summed E-state index contributed by atoms with van der Waals surface area (Å²) in [6.07, 6.45) is 5.16. The second-order valence-corrected chi connectivity index (χ2v) is 5.96. The van der Waals surface area contributed by atoms with Crippen molar-refractivity contribution >= 4 is 5.97 Å². The highest BCUT2D eigenvalue weighted by atomic mass is 16.4. The molecule has 1 heterocycles. The van der Waals surface area contributed by atoms with Crippen molar-refractivity contribution in [2.24, 2.45) is 0 Å². The third kappa shape index (κ3) is 3.82. The van der Waals surface area contributed by atoms with Crippen molar-refractivity contribution in [3.8, 4) is 0 Å². The maximum Gasteiger partial charge on any atom is 0.323 e. The van der Waals surface area contributed by atoms with Crippen molar-refractivity contribution in [3.05, 3.63) is 18.2 Å². The zero-order valence-corrected chi connectivity index (χ0v) is 13.2. The third-order valence-electron chi connectivity index (χ3n) is 3.63. The van der Waals surface area contributed by atoms with Gasteiger partial charge in [0.25, 0.3) is 0 Å². The van der Waals surface area contributed by atoms with Gasteiger partial charge in [-0.1, -0.05) is 20.8 Å². The largest absolute Gasteiger partial charge is 0.480 e. The zero-order chi connectivity index (χ0) is 15.3. The predicted octanol–water partition coefficient (Wildman–Crippen LogP) is 2.80. The Kier molecular flexibility index (Phi) is 5.74. The number of carboxylic acids is 1. The van der Waals surface area contributed by atoms with Crippen molar-refractivity contribution < 1.29 is 9.90 Å². The molecule has 0 amide bonds. The number of aliphatic carboxylic acids is 1. The third-order valence-corrected chi connectivity index (χ3v) is 3.63. The van der Waals surface area contributed by atoms with Gasteiger partial charge >= 0.3 is 5.97 Å². The Labute approximate surface area is 121 Å². The number of aromatic nitrogens is 2. The molecule has 1 rings (SSSR count). The molecule has 0 bridgehead atoms. The molecule has 2 N–H and O–H groups in total. The van der Waals surface area contributed by atoms with Crippen LogP contribution in [0.15, 0.2) is 12.4 Å². The first kappa shape index (κ1) is 16.7. The Morgan fingerprint density at radius 2 is 2.15 bits per heavy atom. The van der Waals surface area contributed by atoms with Gasteiger partial charge in [0.1, 0.15) is 11.4 Å². The van der Waals surface area contributed by atoms with Crippen LogP contribution in [0.4, 0.5) is 0 Å². The topological polar surface area (TPSA) is 67.2 Å². The fourth-order valence-corrected chi connectivity index (χ4v) is 2.47. The van der Waals surface area contributed by atoms with Crippen LogP contribution in [0.3, 0.4) is 0 Å². The number of imidazole rings is 1. The summed E-state index contributed by atoms with van der Waals surface area (Å²) in [4.78, 5) is 15.9. The van der Waals surface area contributed by atoms with E-state index >= 15 is 0 Å². The molecule has 2 atom stereocenters. The summed E-state index contributed by atoms with van der Waals surface area (Å²) in [5.74, 6) is 0.525. The first-order chi connectivity index (χ1) is 9.31. The Balaban J connectivity index is 2.88. The van der Waals surface area contributed by atoms with E-state index < -0.39 is 11.5 Å². The van der Waals surface area contributed by atoms with Crippen molar-refractivity contribution in [3.63, 3.8) is 0 Å². The van der Waals surface area contributed by atoms with Crippen LogP contribution in [0, 0.1) is 0 Å². The standard InChI is InChI=1S/C15H27N3O2/c1-6-7-17-15(5,14(19)20)10-12(4)18-9-8-16-13(18)11(2)3/h8-9,11-12,17H,6-7,10H2,1-5H3,(H,19,20). The highest BCUT2D eigenvalue weighted by Crippen LogP contribution is 2.25. The number of nitrogens with one attached hydrogen (secondary N) is 1. The lowest BCUT2D eigenvalue weighted by Crippen LogP contribution is -2.51. The fraction of sp³-hybridized carbons (Fsp3) is 0.733. The summed E-state index contributed by atoms with van der Waals surface area (Å²) < 4.78 is 2.08. The van der Waals surface area contributed by atoms with E-state index in [1.54, 1.807) is 13.1 Å². The molecule has 0 fully saturated rings. The summed E-state index contributed by atoms with van der Waals surface area (Å²) >= 11 is 0. The van der Waals surface area contributed by atoms with E-state index in [-0.39, 0.29) is 6.04 Å². The van der Waals surface area contributed by atoms with Crippen LogP contribution in [0.5, 0.6) is 0 Å². The quantitative estimate of drug-likeness (QED) is 0.769. The first-order valence-electron chi connectivity index (χ1n) is 7.33. The maximum absolute atomic E-state index is 11.6. The van der Waals surface area contributed by atoms with Crippen molar-refractivity contribution in [1.82, 2.24) is 14.9 Å². The molecule has 5 heteroatoms. The molecule has 114 valence electrons. The molecule has 1 aromatic heterocycles. The van der Waals surface area contributed by atoms with Crippen molar-refractivity contribution in [2.45, 2.75) is 65.0 Å². The SMILES string of the molecule is CCCNC(C)(CC(C)n1ccnc1C(C)C)C(=O)O. The average Bonchev–Trinajstić information content (AvgIpc) is 2.85. The second kappa shape index (κ2) is 6.88. The summed E-state index contributed by atoms with van der Waals surface area (Å²) in [6, 6.07) is 0.0837. The van der Waals surface area contributed by atoms with E-state index in [4.69, 9.17) is 0 Å². The molecule has 5 nitrogen and oxygen atoms in total. The monoisotopic (exact) mass is 281 g/mol. The molecular formula is C15H27N3O2. The normalized spacial score (nSPS) is 16.1. The van der Waals surface area contributed by atoms with Gasteiger partial charge < -0.3 is 15.0 Å². The van der Waals surface area contributed by atoms with Crippen LogP contribution in [-0.2, 0) is 4.79 Å². The molecule has 20 heavy (non-hydrogen) atoms. The summed E-state index contributed by atoms with van der Waals surface area (Å²) in [6.45, 7) is 10.7. The van der Waals surface area contributed by atoms with E-state index in [1.165, 1.54) is 0 Å². The fourth-order valence-electron chi connectivity index (χ4n) is 2.47. The molecule has 1 aromatic rings. The first-order valence-corrected chi connectivity index (χ1v) is 7.33. The smallest absolute Gasteiger partial charge is 0.323 e. The molecule has 0 saturated heterocycles. The minimum absolute atomic E-state index is 0.0837. The zero-order valence-electron chi connectivity index (χ0n) is 13.2. The molecule has 2 unspecified atom stereocenters. The Hall–Kier alpha value is -1.36. The molecule has 0 aromatic carbocycles. The molecule has 0 spiro atoms. The Bertz CT molecular complexity index is 442. The lowest BCUT2D eigenvalue weighted by Gasteiger charge is -2.30. The molecule has 0 aliphatic heterocycles. The molecule has 0 radical (unpaired) electrons. The Morgan fingerprint density at radius 1 is 1.50 bits per heavy atom. The number of nitrogens with zero attached hydrogens (tertiary/aromatic N) is 2. The maximum atomic E-state index is 11.6. The van der Waals surface area contributed by atoms with E-state index in [0.29, 0.717) is 18.9 Å². The van der Waals surface area contributed by atoms with Crippen LogP contribution in [0.2, 0.25) is 0 Å². The summed E-state index contributed by atoms with van der Waals surface area (Å²) in [7, 11) is 0. The predicted molar refractivity (Wildman–Crippen MR) is 80.0 cm³/mol. The molecule has 0 saturated carbocycles. The number of carboxylic acid groups (broad SMARTS) is 1. The van der Waals surface area contributed by atoms with E-state index in [1.807, 2.05) is 20.0 Å². The highest BCUT2D eigenvalue weighted by molar-refractivity contribution is 5.78. The lowest BCUT2D eigenvalue weighted by molar-refractivity contribution is -0.144. The number of hydrogen-bond donors (Lipinski definition) is 2. The van der Waals surface area contributed by atoms with Gasteiger partial charge in [0.05, 0.1) is 0 Å². The highest BCUT2D eigenvalue weighted by Gasteiger charge is 2.34. The molecule has 0 aliphatic rings. The van der Waals surface area contributed by atoms with Crippen LogP contribution >= 0.6 is 0 Å². The number of rotatable bonds is 8. The van der Waals surface area contributed by atoms with Crippen molar-refractivity contribution in [2.75, 3.05) is 6.54 Å².